The Labute approximate surface area is 188 Å². The minimum atomic E-state index is -2.27. The molecule has 4 unspecified atom stereocenters. The Bertz CT molecular complexity index is 830. The van der Waals surface area contributed by atoms with Gasteiger partial charge in [0, 0.05) is 6.20 Å². The summed E-state index contributed by atoms with van der Waals surface area (Å²) in [6.45, 7) is 21.7. The standard InChI is InChI=1S/C21H41N3O5Si2/c1-20(2,3)30(7,8)27-13-14-16(25)17(29-31(9,10)21(4,5)6)18(28-14)24-12-11-15(22)23-19(24)26/h11-12,14,16-18,25H,13H2,1-10H3,(H2,22,23,26). The van der Waals surface area contributed by atoms with Crippen molar-refractivity contribution in [2.75, 3.05) is 12.3 Å². The van der Waals surface area contributed by atoms with Crippen molar-refractivity contribution < 1.29 is 18.7 Å². The smallest absolute Gasteiger partial charge is 0.351 e. The third-order valence-electron chi connectivity index (χ3n) is 7.09. The molecule has 0 aromatic carbocycles. The van der Waals surface area contributed by atoms with Crippen molar-refractivity contribution in [1.29, 1.82) is 0 Å². The van der Waals surface area contributed by atoms with Crippen molar-refractivity contribution in [2.45, 2.75) is 102 Å². The third-order valence-corrected chi connectivity index (χ3v) is 16.1. The lowest BCUT2D eigenvalue weighted by atomic mass is 10.1. The number of nitrogens with zero attached hydrogens (tertiary/aromatic N) is 2. The van der Waals surface area contributed by atoms with Gasteiger partial charge in [0.15, 0.2) is 22.9 Å². The molecule has 1 saturated heterocycles. The molecule has 8 nitrogen and oxygen atoms in total. The first kappa shape index (κ1) is 26.2. The van der Waals surface area contributed by atoms with E-state index in [1.165, 1.54) is 4.57 Å². The zero-order valence-corrected chi connectivity index (χ0v) is 22.7. The Balaban J connectivity index is 2.36. The number of anilines is 1. The number of aromatic nitrogens is 2. The molecule has 4 atom stereocenters. The van der Waals surface area contributed by atoms with Gasteiger partial charge in [0.05, 0.1) is 6.61 Å². The van der Waals surface area contributed by atoms with Crippen molar-refractivity contribution in [1.82, 2.24) is 9.55 Å². The van der Waals surface area contributed by atoms with E-state index in [1.807, 2.05) is 0 Å². The summed E-state index contributed by atoms with van der Waals surface area (Å²) in [6.07, 6.45) is -1.53. The van der Waals surface area contributed by atoms with Crippen LogP contribution in [0.4, 0.5) is 5.82 Å². The summed E-state index contributed by atoms with van der Waals surface area (Å²) < 4.78 is 20.4. The van der Waals surface area contributed by atoms with Crippen molar-refractivity contribution in [2.24, 2.45) is 0 Å². The van der Waals surface area contributed by atoms with Crippen LogP contribution in [0.3, 0.4) is 0 Å². The molecule has 1 aromatic heterocycles. The molecule has 2 rings (SSSR count). The van der Waals surface area contributed by atoms with Crippen LogP contribution in [0, 0.1) is 0 Å². The summed E-state index contributed by atoms with van der Waals surface area (Å²) in [5, 5.41) is 11.2. The Kier molecular flexibility index (Phi) is 7.37. The maximum absolute atomic E-state index is 12.5. The van der Waals surface area contributed by atoms with Crippen molar-refractivity contribution in [3.63, 3.8) is 0 Å². The number of nitrogen functional groups attached to an aromatic ring is 1. The molecular formula is C21H41N3O5Si2. The van der Waals surface area contributed by atoms with Gasteiger partial charge in [0.1, 0.15) is 24.1 Å². The lowest BCUT2D eigenvalue weighted by Gasteiger charge is -2.40. The lowest BCUT2D eigenvalue weighted by molar-refractivity contribution is -0.0513. The number of hydrogen-bond acceptors (Lipinski definition) is 7. The fourth-order valence-electron chi connectivity index (χ4n) is 2.85. The van der Waals surface area contributed by atoms with Gasteiger partial charge in [-0.3, -0.25) is 4.57 Å². The van der Waals surface area contributed by atoms with Gasteiger partial charge in [-0.25, -0.2) is 4.79 Å². The summed E-state index contributed by atoms with van der Waals surface area (Å²) in [6, 6.07) is 1.54. The number of hydrogen-bond donors (Lipinski definition) is 2. The molecule has 0 aliphatic carbocycles. The summed E-state index contributed by atoms with van der Waals surface area (Å²) in [4.78, 5) is 16.4. The van der Waals surface area contributed by atoms with E-state index in [0.29, 0.717) is 0 Å². The number of aliphatic hydroxyl groups is 1. The van der Waals surface area contributed by atoms with E-state index in [9.17, 15) is 9.90 Å². The minimum absolute atomic E-state index is 0.0326. The molecule has 0 amide bonds. The Morgan fingerprint density at radius 1 is 1.13 bits per heavy atom. The van der Waals surface area contributed by atoms with E-state index in [1.54, 1.807) is 12.3 Å². The highest BCUT2D eigenvalue weighted by molar-refractivity contribution is 6.74. The second kappa shape index (κ2) is 8.71. The molecular weight excluding hydrogens is 430 g/mol. The van der Waals surface area contributed by atoms with Crippen LogP contribution in [0.25, 0.3) is 0 Å². The van der Waals surface area contributed by atoms with E-state index in [2.05, 4.69) is 72.7 Å². The van der Waals surface area contributed by atoms with Gasteiger partial charge in [-0.2, -0.15) is 4.98 Å². The van der Waals surface area contributed by atoms with Crippen molar-refractivity contribution in [3.8, 4) is 0 Å². The summed E-state index contributed by atoms with van der Waals surface area (Å²) in [5.41, 5.74) is 5.12. The van der Waals surface area contributed by atoms with Gasteiger partial charge in [-0.1, -0.05) is 41.5 Å². The maximum Gasteiger partial charge on any atom is 0.351 e. The molecule has 0 radical (unpaired) electrons. The summed E-state index contributed by atoms with van der Waals surface area (Å²) in [5.74, 6) is 0.138. The second-order valence-corrected chi connectivity index (χ2v) is 21.1. The first-order valence-corrected chi connectivity index (χ1v) is 16.7. The molecule has 2 heterocycles. The largest absolute Gasteiger partial charge is 0.414 e. The number of rotatable bonds is 6. The van der Waals surface area contributed by atoms with Crippen LogP contribution in [0.1, 0.15) is 47.8 Å². The molecule has 10 heteroatoms. The molecule has 1 fully saturated rings. The van der Waals surface area contributed by atoms with E-state index >= 15 is 0 Å². The Morgan fingerprint density at radius 2 is 1.68 bits per heavy atom. The molecule has 1 aliphatic rings. The van der Waals surface area contributed by atoms with Gasteiger partial charge in [-0.15, -0.1) is 0 Å². The van der Waals surface area contributed by atoms with Crippen LogP contribution in [-0.2, 0) is 13.6 Å². The van der Waals surface area contributed by atoms with Gasteiger partial charge >= 0.3 is 5.69 Å². The minimum Gasteiger partial charge on any atom is -0.414 e. The normalized spacial score (nSPS) is 25.8. The SMILES string of the molecule is CC(C)(C)[Si](C)(C)OCC1OC(n2ccc(N)nc2=O)C(O[Si](C)(C)C(C)(C)C)C1O. The van der Waals surface area contributed by atoms with Gasteiger partial charge in [-0.05, 0) is 42.3 Å². The topological polar surface area (TPSA) is 109 Å². The molecule has 3 N–H and O–H groups in total. The van der Waals surface area contributed by atoms with Gasteiger partial charge in [0.25, 0.3) is 0 Å². The van der Waals surface area contributed by atoms with Crippen LogP contribution >= 0.6 is 0 Å². The molecule has 178 valence electrons. The van der Waals surface area contributed by atoms with Gasteiger partial charge in [0.2, 0.25) is 0 Å². The third kappa shape index (κ3) is 5.66. The van der Waals surface area contributed by atoms with E-state index in [0.717, 1.165) is 0 Å². The van der Waals surface area contributed by atoms with Crippen molar-refractivity contribution >= 4 is 22.5 Å². The quantitative estimate of drug-likeness (QED) is 0.611. The Morgan fingerprint density at radius 3 is 2.16 bits per heavy atom. The van der Waals surface area contributed by atoms with E-state index < -0.39 is 46.9 Å². The highest BCUT2D eigenvalue weighted by Crippen LogP contribution is 2.42. The molecule has 31 heavy (non-hydrogen) atoms. The molecule has 0 spiro atoms. The molecule has 1 aromatic rings. The van der Waals surface area contributed by atoms with Gasteiger partial charge < -0.3 is 24.4 Å². The first-order chi connectivity index (χ1) is 13.9. The first-order valence-electron chi connectivity index (χ1n) is 10.9. The van der Waals surface area contributed by atoms with Crippen molar-refractivity contribution in [3.05, 3.63) is 22.7 Å². The predicted molar refractivity (Wildman–Crippen MR) is 128 cm³/mol. The Hall–Kier alpha value is -1.05. The molecule has 1 aliphatic heterocycles. The fourth-order valence-corrected chi connectivity index (χ4v) is 5.15. The average Bonchev–Trinajstić information content (AvgIpc) is 2.87. The predicted octanol–water partition coefficient (Wildman–Crippen LogP) is 3.50. The van der Waals surface area contributed by atoms with Crippen LogP contribution in [-0.4, -0.2) is 56.2 Å². The fraction of sp³-hybridized carbons (Fsp3) is 0.810. The number of nitrogens with two attached hydrogens (primary N) is 1. The number of ether oxygens (including phenoxy) is 1. The average molecular weight is 472 g/mol. The van der Waals surface area contributed by atoms with Crippen LogP contribution < -0.4 is 11.4 Å². The van der Waals surface area contributed by atoms with Crippen LogP contribution in [0.5, 0.6) is 0 Å². The van der Waals surface area contributed by atoms with Crippen LogP contribution in [0.15, 0.2) is 17.1 Å². The van der Waals surface area contributed by atoms with Crippen LogP contribution in [0.2, 0.25) is 36.3 Å². The monoisotopic (exact) mass is 471 g/mol. The van der Waals surface area contributed by atoms with E-state index in [-0.39, 0.29) is 22.5 Å². The zero-order valence-electron chi connectivity index (χ0n) is 20.7. The zero-order chi connectivity index (χ0) is 24.0. The number of aliphatic hydroxyl groups excluding tert-OH is 1. The lowest BCUT2D eigenvalue weighted by Crippen LogP contribution is -2.50. The molecule has 0 saturated carbocycles. The summed E-state index contributed by atoms with van der Waals surface area (Å²) in [7, 11) is -4.31. The second-order valence-electron chi connectivity index (χ2n) is 11.5. The highest BCUT2D eigenvalue weighted by atomic mass is 28.4. The maximum atomic E-state index is 12.5. The highest BCUT2D eigenvalue weighted by Gasteiger charge is 2.51. The van der Waals surface area contributed by atoms with E-state index in [4.69, 9.17) is 19.3 Å². The summed E-state index contributed by atoms with van der Waals surface area (Å²) >= 11 is 0. The molecule has 0 bridgehead atoms.